The van der Waals surface area contributed by atoms with Crippen LogP contribution in [0.1, 0.15) is 52.4 Å². The summed E-state index contributed by atoms with van der Waals surface area (Å²) in [5.74, 6) is 0. The molecular formula is C13H25IO2. The van der Waals surface area contributed by atoms with Gasteiger partial charge in [-0.1, -0.05) is 41.9 Å². The summed E-state index contributed by atoms with van der Waals surface area (Å²) in [5, 5.41) is 0. The molecule has 16 heavy (non-hydrogen) atoms. The van der Waals surface area contributed by atoms with Crippen molar-refractivity contribution < 1.29 is 9.47 Å². The van der Waals surface area contributed by atoms with Crippen LogP contribution >= 0.6 is 22.6 Å². The van der Waals surface area contributed by atoms with Crippen molar-refractivity contribution in [2.24, 2.45) is 0 Å². The normalized spacial score (nSPS) is 21.0. The SMILES string of the molecule is COC(C)(C)CCOC1(CI)CCCCC1. The molecule has 0 aromatic heterocycles. The van der Waals surface area contributed by atoms with Gasteiger partial charge in [-0.2, -0.15) is 0 Å². The summed E-state index contributed by atoms with van der Waals surface area (Å²) in [6, 6.07) is 0. The quantitative estimate of drug-likeness (QED) is 0.538. The molecule has 3 heteroatoms. The van der Waals surface area contributed by atoms with E-state index >= 15 is 0 Å². The number of ether oxygens (including phenoxy) is 2. The van der Waals surface area contributed by atoms with Gasteiger partial charge in [-0.3, -0.25) is 0 Å². The minimum atomic E-state index is -0.0544. The molecule has 1 rings (SSSR count). The van der Waals surface area contributed by atoms with Crippen molar-refractivity contribution in [3.05, 3.63) is 0 Å². The number of rotatable bonds is 6. The Bertz CT molecular complexity index is 198. The molecule has 0 aromatic rings. The summed E-state index contributed by atoms with van der Waals surface area (Å²) in [6.07, 6.45) is 7.49. The number of halogens is 1. The molecule has 1 aliphatic rings. The number of hydrogen-bond donors (Lipinski definition) is 0. The van der Waals surface area contributed by atoms with Gasteiger partial charge in [0.05, 0.1) is 17.8 Å². The molecule has 0 aromatic carbocycles. The summed E-state index contributed by atoms with van der Waals surface area (Å²) in [4.78, 5) is 0. The smallest absolute Gasteiger partial charge is 0.0771 e. The molecule has 0 heterocycles. The lowest BCUT2D eigenvalue weighted by atomic mass is 9.86. The van der Waals surface area contributed by atoms with Crippen molar-refractivity contribution in [1.29, 1.82) is 0 Å². The molecule has 1 fully saturated rings. The summed E-state index contributed by atoms with van der Waals surface area (Å²) in [7, 11) is 1.77. The second-order valence-corrected chi connectivity index (χ2v) is 6.20. The molecule has 0 spiro atoms. The van der Waals surface area contributed by atoms with Crippen LogP contribution in [-0.4, -0.2) is 29.3 Å². The topological polar surface area (TPSA) is 18.5 Å². The van der Waals surface area contributed by atoms with Gasteiger partial charge < -0.3 is 9.47 Å². The first-order chi connectivity index (χ1) is 7.54. The van der Waals surface area contributed by atoms with E-state index in [0.717, 1.165) is 17.5 Å². The van der Waals surface area contributed by atoms with Crippen molar-refractivity contribution in [1.82, 2.24) is 0 Å². The van der Waals surface area contributed by atoms with Crippen LogP contribution in [0.25, 0.3) is 0 Å². The monoisotopic (exact) mass is 340 g/mol. The molecule has 0 saturated heterocycles. The molecular weight excluding hydrogens is 315 g/mol. The van der Waals surface area contributed by atoms with Crippen LogP contribution in [-0.2, 0) is 9.47 Å². The van der Waals surface area contributed by atoms with Crippen LogP contribution in [0.2, 0.25) is 0 Å². The summed E-state index contributed by atoms with van der Waals surface area (Å²) < 4.78 is 12.7. The highest BCUT2D eigenvalue weighted by molar-refractivity contribution is 14.1. The molecule has 0 unspecified atom stereocenters. The molecule has 0 amide bonds. The molecule has 0 aliphatic heterocycles. The van der Waals surface area contributed by atoms with Gasteiger partial charge in [-0.25, -0.2) is 0 Å². The van der Waals surface area contributed by atoms with Gasteiger partial charge in [0.15, 0.2) is 0 Å². The third-order valence-electron chi connectivity index (χ3n) is 3.67. The van der Waals surface area contributed by atoms with Gasteiger partial charge in [0.2, 0.25) is 0 Å². The van der Waals surface area contributed by atoms with E-state index < -0.39 is 0 Å². The van der Waals surface area contributed by atoms with Crippen LogP contribution < -0.4 is 0 Å². The van der Waals surface area contributed by atoms with E-state index in [0.29, 0.717) is 0 Å². The van der Waals surface area contributed by atoms with Gasteiger partial charge in [-0.15, -0.1) is 0 Å². The van der Waals surface area contributed by atoms with E-state index in [-0.39, 0.29) is 11.2 Å². The van der Waals surface area contributed by atoms with Crippen LogP contribution in [0, 0.1) is 0 Å². The molecule has 1 aliphatic carbocycles. The summed E-state index contributed by atoms with van der Waals surface area (Å²) >= 11 is 2.47. The van der Waals surface area contributed by atoms with E-state index in [2.05, 4.69) is 36.4 Å². The van der Waals surface area contributed by atoms with Crippen molar-refractivity contribution in [2.75, 3.05) is 18.1 Å². The van der Waals surface area contributed by atoms with Crippen LogP contribution in [0.15, 0.2) is 0 Å². The Morgan fingerprint density at radius 3 is 2.31 bits per heavy atom. The lowest BCUT2D eigenvalue weighted by Crippen LogP contribution is -2.38. The lowest BCUT2D eigenvalue weighted by molar-refractivity contribution is -0.0776. The zero-order chi connectivity index (χ0) is 12.1. The Kier molecular flexibility index (Phi) is 6.02. The van der Waals surface area contributed by atoms with Gasteiger partial charge in [0.25, 0.3) is 0 Å². The minimum Gasteiger partial charge on any atom is -0.379 e. The molecule has 0 bridgehead atoms. The average molecular weight is 340 g/mol. The molecule has 2 nitrogen and oxygen atoms in total. The second kappa shape index (κ2) is 6.55. The average Bonchev–Trinajstić information content (AvgIpc) is 2.30. The zero-order valence-electron chi connectivity index (χ0n) is 10.9. The maximum absolute atomic E-state index is 6.17. The summed E-state index contributed by atoms with van der Waals surface area (Å²) in [5.41, 5.74) is 0.115. The number of methoxy groups -OCH3 is 1. The maximum atomic E-state index is 6.17. The van der Waals surface area contributed by atoms with Crippen molar-refractivity contribution >= 4 is 22.6 Å². The van der Waals surface area contributed by atoms with Gasteiger partial charge >= 0.3 is 0 Å². The Labute approximate surface area is 114 Å². The molecule has 1 saturated carbocycles. The van der Waals surface area contributed by atoms with E-state index in [4.69, 9.17) is 9.47 Å². The van der Waals surface area contributed by atoms with Crippen molar-refractivity contribution in [2.45, 2.75) is 63.6 Å². The van der Waals surface area contributed by atoms with Gasteiger partial charge in [0, 0.05) is 11.5 Å². The Morgan fingerprint density at radius 2 is 1.81 bits per heavy atom. The fraction of sp³-hybridized carbons (Fsp3) is 1.00. The van der Waals surface area contributed by atoms with Crippen molar-refractivity contribution in [3.8, 4) is 0 Å². The highest BCUT2D eigenvalue weighted by atomic mass is 127. The third kappa shape index (κ3) is 4.49. The van der Waals surface area contributed by atoms with E-state index in [1.165, 1.54) is 32.1 Å². The molecule has 0 radical (unpaired) electrons. The first kappa shape index (κ1) is 14.7. The standard InChI is InChI=1S/C13H25IO2/c1-12(2,15-3)9-10-16-13(11-14)7-5-4-6-8-13/h4-11H2,1-3H3. The van der Waals surface area contributed by atoms with Crippen LogP contribution in [0.3, 0.4) is 0 Å². The van der Waals surface area contributed by atoms with E-state index in [1.807, 2.05) is 0 Å². The van der Waals surface area contributed by atoms with Gasteiger partial charge in [0.1, 0.15) is 0 Å². The highest BCUT2D eigenvalue weighted by Crippen LogP contribution is 2.33. The largest absolute Gasteiger partial charge is 0.379 e. The Morgan fingerprint density at radius 1 is 1.19 bits per heavy atom. The number of alkyl halides is 1. The van der Waals surface area contributed by atoms with Crippen LogP contribution in [0.4, 0.5) is 0 Å². The molecule has 96 valence electrons. The Balaban J connectivity index is 2.33. The highest BCUT2D eigenvalue weighted by Gasteiger charge is 2.32. The Hall–Kier alpha value is 0.650. The maximum Gasteiger partial charge on any atom is 0.0771 e. The van der Waals surface area contributed by atoms with E-state index in [9.17, 15) is 0 Å². The number of hydrogen-bond acceptors (Lipinski definition) is 2. The van der Waals surface area contributed by atoms with Gasteiger partial charge in [-0.05, 0) is 33.1 Å². The predicted octanol–water partition coefficient (Wildman–Crippen LogP) is 3.96. The first-order valence-corrected chi connectivity index (χ1v) is 7.81. The predicted molar refractivity (Wildman–Crippen MR) is 76.4 cm³/mol. The molecule has 0 atom stereocenters. The minimum absolute atomic E-state index is 0.0544. The lowest BCUT2D eigenvalue weighted by Gasteiger charge is -2.36. The molecule has 0 N–H and O–H groups in total. The van der Waals surface area contributed by atoms with Crippen LogP contribution in [0.5, 0.6) is 0 Å². The van der Waals surface area contributed by atoms with Crippen molar-refractivity contribution in [3.63, 3.8) is 0 Å². The van der Waals surface area contributed by atoms with E-state index in [1.54, 1.807) is 7.11 Å². The fourth-order valence-corrected chi connectivity index (χ4v) is 3.11. The fourth-order valence-electron chi connectivity index (χ4n) is 2.13. The second-order valence-electron chi connectivity index (χ2n) is 5.44. The first-order valence-electron chi connectivity index (χ1n) is 6.29. The zero-order valence-corrected chi connectivity index (χ0v) is 13.0. The third-order valence-corrected chi connectivity index (χ3v) is 5.06. The summed E-state index contributed by atoms with van der Waals surface area (Å²) in [6.45, 7) is 5.06.